The van der Waals surface area contributed by atoms with Gasteiger partial charge in [0.25, 0.3) is 11.8 Å². The highest BCUT2D eigenvalue weighted by molar-refractivity contribution is 5.99. The molecular weight excluding hydrogens is 502 g/mol. The minimum Gasteiger partial charge on any atom is -0.467 e. The van der Waals surface area contributed by atoms with Crippen LogP contribution < -0.4 is 14.8 Å². The van der Waals surface area contributed by atoms with Gasteiger partial charge in [-0.1, -0.05) is 17.7 Å². The molecule has 3 aromatic rings. The largest absolute Gasteiger partial charge is 0.467 e. The SMILES string of the molecule is Cc1ccc(C(=O)N2[C@@H](C(=O)NCc3ccco3)COC23CCN(C(=O)c2ccc4c(c2)OCO4)CC3)cc1. The van der Waals surface area contributed by atoms with Crippen molar-refractivity contribution in [3.05, 3.63) is 83.3 Å². The second-order valence-electron chi connectivity index (χ2n) is 9.97. The quantitative estimate of drug-likeness (QED) is 0.539. The molecule has 0 bridgehead atoms. The number of hydrogen-bond donors (Lipinski definition) is 1. The molecule has 6 rings (SSSR count). The van der Waals surface area contributed by atoms with Gasteiger partial charge in [-0.15, -0.1) is 0 Å². The van der Waals surface area contributed by atoms with E-state index in [4.69, 9.17) is 18.6 Å². The Morgan fingerprint density at radius 3 is 2.44 bits per heavy atom. The van der Waals surface area contributed by atoms with E-state index in [0.29, 0.717) is 54.3 Å². The molecule has 2 aromatic carbocycles. The van der Waals surface area contributed by atoms with Crippen LogP contribution in [0.4, 0.5) is 0 Å². The van der Waals surface area contributed by atoms with Crippen molar-refractivity contribution >= 4 is 17.7 Å². The number of carbonyl (C=O) groups is 3. The highest BCUT2D eigenvalue weighted by atomic mass is 16.7. The lowest BCUT2D eigenvalue weighted by Crippen LogP contribution is -2.59. The van der Waals surface area contributed by atoms with Gasteiger partial charge >= 0.3 is 0 Å². The summed E-state index contributed by atoms with van der Waals surface area (Å²) in [5.41, 5.74) is 1.01. The van der Waals surface area contributed by atoms with Crippen LogP contribution in [-0.2, 0) is 16.1 Å². The minimum absolute atomic E-state index is 0.0672. The predicted molar refractivity (Wildman–Crippen MR) is 138 cm³/mol. The lowest BCUT2D eigenvalue weighted by molar-refractivity contribution is -0.128. The van der Waals surface area contributed by atoms with Gasteiger partial charge in [0.05, 0.1) is 19.4 Å². The summed E-state index contributed by atoms with van der Waals surface area (Å²) in [6.45, 7) is 3.10. The maximum atomic E-state index is 13.9. The number of nitrogens with one attached hydrogen (secondary N) is 1. The van der Waals surface area contributed by atoms with Gasteiger partial charge in [0.2, 0.25) is 12.7 Å². The summed E-state index contributed by atoms with van der Waals surface area (Å²) in [5.74, 6) is 1.05. The Bertz CT molecular complexity index is 1380. The number of likely N-dealkylation sites (tertiary alicyclic amines) is 1. The lowest BCUT2D eigenvalue weighted by Gasteiger charge is -2.44. The Balaban J connectivity index is 1.21. The van der Waals surface area contributed by atoms with Crippen molar-refractivity contribution in [1.82, 2.24) is 15.1 Å². The van der Waals surface area contributed by atoms with E-state index in [1.165, 1.54) is 0 Å². The number of piperidine rings is 1. The van der Waals surface area contributed by atoms with Gasteiger partial charge in [-0.2, -0.15) is 0 Å². The molecular formula is C29H29N3O7. The number of nitrogens with zero attached hydrogens (tertiary/aromatic N) is 2. The van der Waals surface area contributed by atoms with E-state index in [1.54, 1.807) is 58.5 Å². The Hall–Kier alpha value is -4.31. The van der Waals surface area contributed by atoms with Crippen molar-refractivity contribution in [1.29, 1.82) is 0 Å². The van der Waals surface area contributed by atoms with Crippen LogP contribution in [0, 0.1) is 6.92 Å². The Morgan fingerprint density at radius 1 is 0.949 bits per heavy atom. The van der Waals surface area contributed by atoms with E-state index >= 15 is 0 Å². The number of hydrogen-bond acceptors (Lipinski definition) is 7. The highest BCUT2D eigenvalue weighted by Gasteiger charge is 2.54. The Morgan fingerprint density at radius 2 is 1.69 bits per heavy atom. The van der Waals surface area contributed by atoms with E-state index in [9.17, 15) is 14.4 Å². The molecule has 39 heavy (non-hydrogen) atoms. The molecule has 3 amide bonds. The predicted octanol–water partition coefficient (Wildman–Crippen LogP) is 3.11. The molecule has 0 unspecified atom stereocenters. The molecule has 0 saturated carbocycles. The van der Waals surface area contributed by atoms with E-state index in [-0.39, 0.29) is 37.7 Å². The lowest BCUT2D eigenvalue weighted by atomic mass is 9.96. The van der Waals surface area contributed by atoms with Crippen molar-refractivity contribution in [3.8, 4) is 11.5 Å². The Labute approximate surface area is 225 Å². The average molecular weight is 532 g/mol. The van der Waals surface area contributed by atoms with E-state index in [1.807, 2.05) is 19.1 Å². The number of carbonyl (C=O) groups excluding carboxylic acids is 3. The second-order valence-corrected chi connectivity index (χ2v) is 9.97. The standard InChI is InChI=1S/C29H29N3O7/c1-19-4-6-20(7-5-19)28(35)32-23(26(33)30-16-22-3-2-14-36-22)17-39-29(32)10-12-31(13-11-29)27(34)21-8-9-24-25(15-21)38-18-37-24/h2-9,14-15,23H,10-13,16-18H2,1H3,(H,30,33)/t23-/m1/s1. The first-order valence-corrected chi connectivity index (χ1v) is 13.0. The van der Waals surface area contributed by atoms with Gasteiger partial charge < -0.3 is 28.8 Å². The molecule has 0 aliphatic carbocycles. The number of rotatable bonds is 5. The maximum Gasteiger partial charge on any atom is 0.256 e. The fraction of sp³-hybridized carbons (Fsp3) is 0.345. The average Bonchev–Trinajstić information content (AvgIpc) is 3.72. The molecule has 3 aliphatic rings. The monoisotopic (exact) mass is 531 g/mol. The van der Waals surface area contributed by atoms with Gasteiger partial charge in [-0.05, 0) is 49.4 Å². The summed E-state index contributed by atoms with van der Waals surface area (Å²) in [7, 11) is 0. The van der Waals surface area contributed by atoms with Crippen LogP contribution in [-0.4, -0.2) is 65.8 Å². The second kappa shape index (κ2) is 10.1. The first kappa shape index (κ1) is 25.0. The molecule has 4 heterocycles. The van der Waals surface area contributed by atoms with E-state index in [0.717, 1.165) is 5.56 Å². The van der Waals surface area contributed by atoms with Crippen molar-refractivity contribution in [2.75, 3.05) is 26.5 Å². The summed E-state index contributed by atoms with van der Waals surface area (Å²) in [6, 6.07) is 15.1. The van der Waals surface area contributed by atoms with Crippen molar-refractivity contribution in [2.24, 2.45) is 0 Å². The van der Waals surface area contributed by atoms with Crippen molar-refractivity contribution < 1.29 is 33.0 Å². The molecule has 202 valence electrons. The van der Waals surface area contributed by atoms with Crippen LogP contribution in [0.5, 0.6) is 11.5 Å². The number of aryl methyl sites for hydroxylation is 1. The zero-order valence-electron chi connectivity index (χ0n) is 21.6. The Kier molecular flexibility index (Phi) is 6.48. The molecule has 1 atom stereocenters. The number of amides is 3. The first-order chi connectivity index (χ1) is 18.9. The molecule has 3 aliphatic heterocycles. The van der Waals surface area contributed by atoms with Crippen LogP contribution in [0.1, 0.15) is 44.9 Å². The van der Waals surface area contributed by atoms with Gasteiger partial charge in [0.15, 0.2) is 11.5 Å². The summed E-state index contributed by atoms with van der Waals surface area (Å²) < 4.78 is 22.4. The molecule has 1 spiro atoms. The summed E-state index contributed by atoms with van der Waals surface area (Å²) in [5, 5.41) is 2.87. The number of fused-ring (bicyclic) bond motifs is 1. The van der Waals surface area contributed by atoms with Crippen molar-refractivity contribution in [2.45, 2.75) is 38.1 Å². The molecule has 10 nitrogen and oxygen atoms in total. The molecule has 1 N–H and O–H groups in total. The summed E-state index contributed by atoms with van der Waals surface area (Å²) in [6.07, 6.45) is 2.30. The fourth-order valence-electron chi connectivity index (χ4n) is 5.38. The third kappa shape index (κ3) is 4.72. The molecule has 2 saturated heterocycles. The number of ether oxygens (including phenoxy) is 3. The van der Waals surface area contributed by atoms with Crippen molar-refractivity contribution in [3.63, 3.8) is 0 Å². The molecule has 2 fully saturated rings. The summed E-state index contributed by atoms with van der Waals surface area (Å²) in [4.78, 5) is 43.8. The van der Waals surface area contributed by atoms with Gasteiger partial charge in [0, 0.05) is 37.1 Å². The molecule has 10 heteroatoms. The van der Waals surface area contributed by atoms with Gasteiger partial charge in [-0.3, -0.25) is 19.3 Å². The van der Waals surface area contributed by atoms with Gasteiger partial charge in [-0.25, -0.2) is 0 Å². The third-order valence-corrected chi connectivity index (χ3v) is 7.55. The zero-order valence-corrected chi connectivity index (χ0v) is 21.6. The molecule has 1 aromatic heterocycles. The van der Waals surface area contributed by atoms with Crippen LogP contribution in [0.25, 0.3) is 0 Å². The normalized spacial score (nSPS) is 19.4. The third-order valence-electron chi connectivity index (χ3n) is 7.55. The van der Waals surface area contributed by atoms with Crippen LogP contribution in [0.3, 0.4) is 0 Å². The highest BCUT2D eigenvalue weighted by Crippen LogP contribution is 2.39. The fourth-order valence-corrected chi connectivity index (χ4v) is 5.38. The number of furan rings is 1. The molecule has 0 radical (unpaired) electrons. The number of benzene rings is 2. The van der Waals surface area contributed by atoms with Crippen LogP contribution >= 0.6 is 0 Å². The smallest absolute Gasteiger partial charge is 0.256 e. The minimum atomic E-state index is -1.000. The van der Waals surface area contributed by atoms with E-state index < -0.39 is 11.8 Å². The first-order valence-electron chi connectivity index (χ1n) is 13.0. The maximum absolute atomic E-state index is 13.9. The van der Waals surface area contributed by atoms with E-state index in [2.05, 4.69) is 5.32 Å². The van der Waals surface area contributed by atoms with Crippen LogP contribution in [0.2, 0.25) is 0 Å². The van der Waals surface area contributed by atoms with Crippen LogP contribution in [0.15, 0.2) is 65.3 Å². The summed E-state index contributed by atoms with van der Waals surface area (Å²) >= 11 is 0. The zero-order chi connectivity index (χ0) is 27.0. The topological polar surface area (TPSA) is 111 Å². The van der Waals surface area contributed by atoms with Gasteiger partial charge in [0.1, 0.15) is 17.5 Å².